The molecule has 3 heteroatoms. The van der Waals surface area contributed by atoms with Crippen molar-refractivity contribution in [1.29, 1.82) is 0 Å². The molecule has 0 aromatic heterocycles. The Balaban J connectivity index is 1.81. The molecule has 1 saturated carbocycles. The number of carboxylic acid groups (broad SMARTS) is 1. The van der Waals surface area contributed by atoms with E-state index < -0.39 is 5.97 Å². The third-order valence-electron chi connectivity index (χ3n) is 3.27. The number of benzene rings is 1. The summed E-state index contributed by atoms with van der Waals surface area (Å²) in [7, 11) is 0. The lowest BCUT2D eigenvalue weighted by Crippen LogP contribution is -2.06. The van der Waals surface area contributed by atoms with Crippen molar-refractivity contribution in [2.45, 2.75) is 32.3 Å². The van der Waals surface area contributed by atoms with Crippen LogP contribution in [0.1, 0.15) is 41.6 Å². The number of ether oxygens (including phenoxy) is 1. The molecular formula is C14H18O3. The summed E-state index contributed by atoms with van der Waals surface area (Å²) in [4.78, 5) is 10.8. The van der Waals surface area contributed by atoms with Crippen molar-refractivity contribution in [3.63, 3.8) is 0 Å². The minimum absolute atomic E-state index is 0.326. The normalized spacial score (nSPS) is 16.2. The summed E-state index contributed by atoms with van der Waals surface area (Å²) in [6, 6.07) is 6.94. The third-order valence-corrected chi connectivity index (χ3v) is 3.27. The quantitative estimate of drug-likeness (QED) is 0.851. The van der Waals surface area contributed by atoms with Gasteiger partial charge in [0.25, 0.3) is 0 Å². The lowest BCUT2D eigenvalue weighted by Gasteiger charge is -2.10. The first-order chi connectivity index (χ1) is 8.25. The summed E-state index contributed by atoms with van der Waals surface area (Å²) < 4.78 is 5.65. The number of aromatic carboxylic acids is 1. The summed E-state index contributed by atoms with van der Waals surface area (Å²) >= 11 is 0. The maximum Gasteiger partial charge on any atom is 0.335 e. The number of rotatable bonds is 5. The van der Waals surface area contributed by atoms with Crippen molar-refractivity contribution in [3.05, 3.63) is 35.4 Å². The van der Waals surface area contributed by atoms with Gasteiger partial charge >= 0.3 is 5.97 Å². The van der Waals surface area contributed by atoms with E-state index in [-0.39, 0.29) is 0 Å². The predicted octanol–water partition coefficient (Wildman–Crippen LogP) is 3.09. The Morgan fingerprint density at radius 1 is 1.35 bits per heavy atom. The molecule has 0 radical (unpaired) electrons. The van der Waals surface area contributed by atoms with Gasteiger partial charge in [0, 0.05) is 6.61 Å². The second-order valence-corrected chi connectivity index (χ2v) is 4.67. The molecule has 0 unspecified atom stereocenters. The molecule has 0 aliphatic heterocycles. The Kier molecular flexibility index (Phi) is 4.15. The first-order valence-corrected chi connectivity index (χ1v) is 6.15. The average molecular weight is 234 g/mol. The Labute approximate surface area is 101 Å². The van der Waals surface area contributed by atoms with Crippen LogP contribution in [-0.2, 0) is 11.3 Å². The summed E-state index contributed by atoms with van der Waals surface area (Å²) in [6.07, 6.45) is 5.19. The van der Waals surface area contributed by atoms with Gasteiger partial charge in [-0.1, -0.05) is 25.0 Å². The molecule has 1 fully saturated rings. The molecule has 3 nitrogen and oxygen atoms in total. The largest absolute Gasteiger partial charge is 0.478 e. The van der Waals surface area contributed by atoms with Crippen LogP contribution in [0.5, 0.6) is 0 Å². The Bertz CT molecular complexity index is 381. The van der Waals surface area contributed by atoms with Crippen LogP contribution in [0.4, 0.5) is 0 Å². The van der Waals surface area contributed by atoms with Crippen molar-refractivity contribution < 1.29 is 14.6 Å². The van der Waals surface area contributed by atoms with Gasteiger partial charge in [0.05, 0.1) is 12.2 Å². The van der Waals surface area contributed by atoms with Crippen LogP contribution in [0.25, 0.3) is 0 Å². The molecule has 0 amide bonds. The minimum atomic E-state index is -0.886. The second-order valence-electron chi connectivity index (χ2n) is 4.67. The predicted molar refractivity (Wildman–Crippen MR) is 65.0 cm³/mol. The van der Waals surface area contributed by atoms with Crippen LogP contribution < -0.4 is 0 Å². The van der Waals surface area contributed by atoms with Crippen LogP contribution in [0.15, 0.2) is 24.3 Å². The van der Waals surface area contributed by atoms with Crippen molar-refractivity contribution in [2.75, 3.05) is 6.61 Å². The highest BCUT2D eigenvalue weighted by Crippen LogP contribution is 2.25. The van der Waals surface area contributed by atoms with Crippen molar-refractivity contribution in [2.24, 2.45) is 5.92 Å². The fraction of sp³-hybridized carbons (Fsp3) is 0.500. The van der Waals surface area contributed by atoms with Gasteiger partial charge in [0.15, 0.2) is 0 Å². The summed E-state index contributed by atoms with van der Waals surface area (Å²) in [5.41, 5.74) is 1.26. The van der Waals surface area contributed by atoms with Crippen LogP contribution in [0.2, 0.25) is 0 Å². The molecule has 2 rings (SSSR count). The summed E-state index contributed by atoms with van der Waals surface area (Å²) in [5.74, 6) is -0.180. The zero-order valence-electron chi connectivity index (χ0n) is 9.89. The van der Waals surface area contributed by atoms with E-state index in [0.717, 1.165) is 12.2 Å². The van der Waals surface area contributed by atoms with Gasteiger partial charge in [-0.25, -0.2) is 4.79 Å². The highest BCUT2D eigenvalue weighted by atomic mass is 16.5. The van der Waals surface area contributed by atoms with Crippen molar-refractivity contribution >= 4 is 5.97 Å². The third kappa shape index (κ3) is 3.56. The van der Waals surface area contributed by atoms with Crippen LogP contribution in [-0.4, -0.2) is 17.7 Å². The average Bonchev–Trinajstić information content (AvgIpc) is 2.82. The Hall–Kier alpha value is -1.35. The first-order valence-electron chi connectivity index (χ1n) is 6.15. The van der Waals surface area contributed by atoms with Gasteiger partial charge in [-0.05, 0) is 36.5 Å². The molecule has 1 aliphatic rings. The smallest absolute Gasteiger partial charge is 0.335 e. The monoisotopic (exact) mass is 234 g/mol. The van der Waals surface area contributed by atoms with Gasteiger partial charge in [-0.2, -0.15) is 0 Å². The molecular weight excluding hydrogens is 216 g/mol. The molecule has 1 N–H and O–H groups in total. The molecule has 1 aromatic rings. The van der Waals surface area contributed by atoms with E-state index in [0.29, 0.717) is 18.1 Å². The number of carbonyl (C=O) groups is 1. The van der Waals surface area contributed by atoms with Crippen LogP contribution in [0.3, 0.4) is 0 Å². The topological polar surface area (TPSA) is 46.5 Å². The van der Waals surface area contributed by atoms with Gasteiger partial charge in [-0.15, -0.1) is 0 Å². The number of carboxylic acids is 1. The van der Waals surface area contributed by atoms with Gasteiger partial charge < -0.3 is 9.84 Å². The van der Waals surface area contributed by atoms with E-state index in [1.165, 1.54) is 25.7 Å². The molecule has 0 spiro atoms. The zero-order valence-corrected chi connectivity index (χ0v) is 9.89. The molecule has 0 heterocycles. The van der Waals surface area contributed by atoms with Gasteiger partial charge in [-0.3, -0.25) is 0 Å². The lowest BCUT2D eigenvalue weighted by molar-refractivity contribution is 0.0695. The van der Waals surface area contributed by atoms with E-state index in [2.05, 4.69) is 0 Å². The van der Waals surface area contributed by atoms with E-state index in [1.807, 2.05) is 6.07 Å². The highest BCUT2D eigenvalue weighted by molar-refractivity contribution is 5.87. The molecule has 0 bridgehead atoms. The lowest BCUT2D eigenvalue weighted by atomic mass is 10.1. The van der Waals surface area contributed by atoms with E-state index >= 15 is 0 Å². The maximum absolute atomic E-state index is 10.8. The Morgan fingerprint density at radius 2 is 2.12 bits per heavy atom. The highest BCUT2D eigenvalue weighted by Gasteiger charge is 2.14. The van der Waals surface area contributed by atoms with E-state index in [4.69, 9.17) is 9.84 Å². The SMILES string of the molecule is O=C(O)c1cccc(COCC2CCCC2)c1. The first kappa shape index (κ1) is 12.1. The van der Waals surface area contributed by atoms with E-state index in [9.17, 15) is 4.79 Å². The van der Waals surface area contributed by atoms with E-state index in [1.54, 1.807) is 18.2 Å². The second kappa shape index (κ2) is 5.82. The number of hydrogen-bond acceptors (Lipinski definition) is 2. The zero-order chi connectivity index (χ0) is 12.1. The molecule has 92 valence electrons. The fourth-order valence-corrected chi connectivity index (χ4v) is 2.31. The maximum atomic E-state index is 10.8. The van der Waals surface area contributed by atoms with Gasteiger partial charge in [0.1, 0.15) is 0 Å². The van der Waals surface area contributed by atoms with Gasteiger partial charge in [0.2, 0.25) is 0 Å². The molecule has 1 aliphatic carbocycles. The molecule has 17 heavy (non-hydrogen) atoms. The standard InChI is InChI=1S/C14H18O3/c15-14(16)13-7-3-6-12(8-13)10-17-9-11-4-1-2-5-11/h3,6-8,11H,1-2,4-5,9-10H2,(H,15,16). The van der Waals surface area contributed by atoms with Crippen LogP contribution >= 0.6 is 0 Å². The minimum Gasteiger partial charge on any atom is -0.478 e. The summed E-state index contributed by atoms with van der Waals surface area (Å²) in [5, 5.41) is 8.87. The van der Waals surface area contributed by atoms with Crippen molar-refractivity contribution in [3.8, 4) is 0 Å². The van der Waals surface area contributed by atoms with Crippen LogP contribution in [0, 0.1) is 5.92 Å². The Morgan fingerprint density at radius 3 is 2.82 bits per heavy atom. The molecule has 0 saturated heterocycles. The molecule has 0 atom stereocenters. The summed E-state index contributed by atoms with van der Waals surface area (Å²) in [6.45, 7) is 1.31. The number of hydrogen-bond donors (Lipinski definition) is 1. The fourth-order valence-electron chi connectivity index (χ4n) is 2.31. The molecule has 1 aromatic carbocycles. The van der Waals surface area contributed by atoms with Crippen molar-refractivity contribution in [1.82, 2.24) is 0 Å².